The zero-order valence-corrected chi connectivity index (χ0v) is 7.54. The first-order valence-electron chi connectivity index (χ1n) is 3.78. The number of hydrogen-bond donors (Lipinski definition) is 4. The van der Waals surface area contributed by atoms with Gasteiger partial charge < -0.3 is 20.4 Å². The molecule has 0 unspecified atom stereocenters. The summed E-state index contributed by atoms with van der Waals surface area (Å²) in [7, 11) is 0. The Morgan fingerprint density at radius 1 is 1.00 bits per heavy atom. The predicted octanol–water partition coefficient (Wildman–Crippen LogP) is -0.118. The van der Waals surface area contributed by atoms with Gasteiger partial charge in [-0.15, -0.1) is 0 Å². The lowest BCUT2D eigenvalue weighted by Gasteiger charge is -2.04. The Labute approximate surface area is 87.4 Å². The van der Waals surface area contributed by atoms with Crippen molar-refractivity contribution in [3.05, 3.63) is 23.0 Å². The minimum atomic E-state index is -1.72. The van der Waals surface area contributed by atoms with Gasteiger partial charge in [0.25, 0.3) is 0 Å². The first kappa shape index (κ1) is 11.4. The Morgan fingerprint density at radius 2 is 1.56 bits per heavy atom. The van der Waals surface area contributed by atoms with Crippen LogP contribution in [0.3, 0.4) is 0 Å². The zero-order chi connectivity index (χ0) is 12.5. The second kappa shape index (κ2) is 3.85. The van der Waals surface area contributed by atoms with Gasteiger partial charge in [0.15, 0.2) is 11.4 Å². The molecule has 0 aliphatic heterocycles. The van der Waals surface area contributed by atoms with E-state index in [4.69, 9.17) is 15.3 Å². The van der Waals surface area contributed by atoms with Crippen molar-refractivity contribution in [3.8, 4) is 5.75 Å². The summed E-state index contributed by atoms with van der Waals surface area (Å²) in [5.74, 6) is -6.04. The van der Waals surface area contributed by atoms with Crippen LogP contribution in [0.25, 0.3) is 0 Å². The van der Waals surface area contributed by atoms with Crippen LogP contribution in [0.1, 0.15) is 31.3 Å². The molecule has 0 amide bonds. The van der Waals surface area contributed by atoms with E-state index in [1.165, 1.54) is 0 Å². The topological polar surface area (TPSA) is 145 Å². The molecule has 0 saturated carbocycles. The summed E-state index contributed by atoms with van der Waals surface area (Å²) in [5.41, 5.74) is -2.62. The highest BCUT2D eigenvalue weighted by atomic mass is 16.4. The molecular formula is C8H5NO7. The van der Waals surface area contributed by atoms with Crippen molar-refractivity contribution in [1.29, 1.82) is 0 Å². The molecule has 4 N–H and O–H groups in total. The monoisotopic (exact) mass is 227 g/mol. The van der Waals surface area contributed by atoms with Gasteiger partial charge in [-0.25, -0.2) is 19.4 Å². The van der Waals surface area contributed by atoms with Crippen molar-refractivity contribution in [2.24, 2.45) is 0 Å². The number of carboxylic acid groups (broad SMARTS) is 3. The largest absolute Gasteiger partial charge is 0.505 e. The highest BCUT2D eigenvalue weighted by Gasteiger charge is 2.23. The maximum Gasteiger partial charge on any atom is 0.358 e. The van der Waals surface area contributed by atoms with Gasteiger partial charge in [-0.05, 0) is 6.07 Å². The van der Waals surface area contributed by atoms with Crippen LogP contribution in [0.15, 0.2) is 6.07 Å². The van der Waals surface area contributed by atoms with Gasteiger partial charge in [0.1, 0.15) is 11.3 Å². The Balaban J connectivity index is 3.57. The van der Waals surface area contributed by atoms with Crippen molar-refractivity contribution in [2.75, 3.05) is 0 Å². The first-order chi connectivity index (χ1) is 7.34. The number of pyridine rings is 1. The van der Waals surface area contributed by atoms with Crippen molar-refractivity contribution in [2.45, 2.75) is 0 Å². The minimum Gasteiger partial charge on any atom is -0.505 e. The van der Waals surface area contributed by atoms with E-state index in [1.807, 2.05) is 0 Å². The third-order valence-electron chi connectivity index (χ3n) is 1.64. The summed E-state index contributed by atoms with van der Waals surface area (Å²) in [5, 5.41) is 35.0. The van der Waals surface area contributed by atoms with Crippen LogP contribution in [-0.2, 0) is 0 Å². The van der Waals surface area contributed by atoms with Crippen LogP contribution in [0, 0.1) is 0 Å². The fourth-order valence-corrected chi connectivity index (χ4v) is 0.960. The molecule has 1 aromatic rings. The van der Waals surface area contributed by atoms with Gasteiger partial charge in [-0.1, -0.05) is 0 Å². The van der Waals surface area contributed by atoms with E-state index < -0.39 is 40.6 Å². The van der Waals surface area contributed by atoms with Gasteiger partial charge in [-0.3, -0.25) is 0 Å². The fourth-order valence-electron chi connectivity index (χ4n) is 0.960. The lowest BCUT2D eigenvalue weighted by atomic mass is 10.1. The van der Waals surface area contributed by atoms with Crippen LogP contribution in [0.5, 0.6) is 5.75 Å². The molecule has 84 valence electrons. The number of aromatic nitrogens is 1. The number of aromatic carboxylic acids is 3. The van der Waals surface area contributed by atoms with Crippen LogP contribution in [-0.4, -0.2) is 43.3 Å². The van der Waals surface area contributed by atoms with E-state index in [2.05, 4.69) is 4.98 Å². The van der Waals surface area contributed by atoms with E-state index >= 15 is 0 Å². The van der Waals surface area contributed by atoms with E-state index in [1.54, 1.807) is 0 Å². The highest BCUT2D eigenvalue weighted by molar-refractivity contribution is 6.00. The first-order valence-corrected chi connectivity index (χ1v) is 3.78. The zero-order valence-electron chi connectivity index (χ0n) is 7.54. The molecule has 0 saturated heterocycles. The average Bonchev–Trinajstić information content (AvgIpc) is 2.16. The molecule has 8 heteroatoms. The SMILES string of the molecule is O=C(O)c1cc(C(=O)O)c(O)c(C(=O)O)n1. The molecule has 0 aliphatic carbocycles. The summed E-state index contributed by atoms with van der Waals surface area (Å²) in [4.78, 5) is 34.8. The lowest BCUT2D eigenvalue weighted by molar-refractivity contribution is 0.0682. The molecule has 0 bridgehead atoms. The van der Waals surface area contributed by atoms with E-state index in [0.717, 1.165) is 0 Å². The summed E-state index contributed by atoms with van der Waals surface area (Å²) in [6.07, 6.45) is 0. The van der Waals surface area contributed by atoms with Crippen molar-refractivity contribution in [3.63, 3.8) is 0 Å². The van der Waals surface area contributed by atoms with Crippen molar-refractivity contribution < 1.29 is 34.8 Å². The summed E-state index contributed by atoms with van der Waals surface area (Å²) < 4.78 is 0. The van der Waals surface area contributed by atoms with E-state index in [9.17, 15) is 19.5 Å². The normalized spacial score (nSPS) is 9.75. The van der Waals surface area contributed by atoms with Gasteiger partial charge in [0, 0.05) is 0 Å². The Hall–Kier alpha value is -2.64. The molecule has 8 nitrogen and oxygen atoms in total. The smallest absolute Gasteiger partial charge is 0.358 e. The second-order valence-electron chi connectivity index (χ2n) is 2.67. The van der Waals surface area contributed by atoms with E-state index in [-0.39, 0.29) is 0 Å². The maximum atomic E-state index is 10.6. The molecule has 1 rings (SSSR count). The van der Waals surface area contributed by atoms with Gasteiger partial charge in [0.2, 0.25) is 0 Å². The Morgan fingerprint density at radius 3 is 1.94 bits per heavy atom. The van der Waals surface area contributed by atoms with Gasteiger partial charge in [0.05, 0.1) is 0 Å². The second-order valence-corrected chi connectivity index (χ2v) is 2.67. The van der Waals surface area contributed by atoms with Crippen LogP contribution < -0.4 is 0 Å². The summed E-state index contributed by atoms with van der Waals surface area (Å²) >= 11 is 0. The number of hydrogen-bond acceptors (Lipinski definition) is 5. The molecule has 0 aliphatic rings. The molecule has 1 heterocycles. The van der Waals surface area contributed by atoms with Crippen molar-refractivity contribution in [1.82, 2.24) is 4.98 Å². The quantitative estimate of drug-likeness (QED) is 0.559. The molecule has 16 heavy (non-hydrogen) atoms. The molecule has 0 atom stereocenters. The van der Waals surface area contributed by atoms with Gasteiger partial charge in [-0.2, -0.15) is 0 Å². The van der Waals surface area contributed by atoms with Gasteiger partial charge >= 0.3 is 17.9 Å². The number of rotatable bonds is 3. The molecule has 0 radical (unpaired) electrons. The molecule has 0 spiro atoms. The Kier molecular flexibility index (Phi) is 2.75. The Bertz CT molecular complexity index is 458. The summed E-state index contributed by atoms with van der Waals surface area (Å²) in [6.45, 7) is 0. The van der Waals surface area contributed by atoms with Crippen molar-refractivity contribution >= 4 is 17.9 Å². The minimum absolute atomic E-state index is 0.576. The molecule has 0 fully saturated rings. The van der Waals surface area contributed by atoms with Crippen LogP contribution in [0.2, 0.25) is 0 Å². The predicted molar refractivity (Wildman–Crippen MR) is 46.8 cm³/mol. The number of nitrogens with zero attached hydrogens (tertiary/aromatic N) is 1. The average molecular weight is 227 g/mol. The molecule has 1 aromatic heterocycles. The van der Waals surface area contributed by atoms with E-state index in [0.29, 0.717) is 6.07 Å². The van der Waals surface area contributed by atoms with Crippen LogP contribution in [0.4, 0.5) is 0 Å². The molecule has 0 aromatic carbocycles. The number of aromatic hydroxyl groups is 1. The summed E-state index contributed by atoms with van der Waals surface area (Å²) in [6, 6.07) is 0.576. The highest BCUT2D eigenvalue weighted by Crippen LogP contribution is 2.22. The standard InChI is InChI=1S/C8H5NO7/c10-5-2(6(11)12)1-3(7(13)14)9-4(5)8(15)16/h1,10H,(H,11,12)(H,13,14)(H,15,16). The van der Waals surface area contributed by atoms with Crippen LogP contribution >= 0.6 is 0 Å². The molecular weight excluding hydrogens is 222 g/mol. The third-order valence-corrected chi connectivity index (χ3v) is 1.64. The third kappa shape index (κ3) is 1.90. The fraction of sp³-hybridized carbons (Fsp3) is 0. The maximum absolute atomic E-state index is 10.6. The lowest BCUT2D eigenvalue weighted by Crippen LogP contribution is -2.11. The number of carbonyl (C=O) groups is 3. The number of carboxylic acids is 3.